The molecule has 0 atom stereocenters. The Hall–Kier alpha value is -2.48. The number of aryl methyl sites for hydroxylation is 1. The molecule has 1 N–H and O–H groups in total. The van der Waals surface area contributed by atoms with Crippen LogP contribution in [0.15, 0.2) is 30.3 Å². The van der Waals surface area contributed by atoms with E-state index in [4.69, 9.17) is 5.26 Å². The molecule has 0 saturated carbocycles. The van der Waals surface area contributed by atoms with Gasteiger partial charge in [-0.2, -0.15) is 5.26 Å². The number of nitrogens with one attached hydrogen (secondary N) is 1. The van der Waals surface area contributed by atoms with Crippen LogP contribution in [0.5, 0.6) is 0 Å². The van der Waals surface area contributed by atoms with E-state index < -0.39 is 17.5 Å². The monoisotopic (exact) mass is 262 g/mol. The van der Waals surface area contributed by atoms with Crippen molar-refractivity contribution in [2.45, 2.75) is 6.92 Å². The number of nitriles is 1. The molecule has 0 fully saturated rings. The van der Waals surface area contributed by atoms with E-state index in [1.165, 1.54) is 0 Å². The van der Waals surface area contributed by atoms with Gasteiger partial charge in [-0.05, 0) is 30.7 Å². The summed E-state index contributed by atoms with van der Waals surface area (Å²) < 4.78 is 39.3. The molecule has 0 bridgehead atoms. The molecular weight excluding hydrogens is 253 g/mol. The molecular formula is C14H9F3N2. The zero-order valence-electron chi connectivity index (χ0n) is 9.97. The molecule has 0 aliphatic rings. The summed E-state index contributed by atoms with van der Waals surface area (Å²) in [5.41, 5.74) is 1.52. The van der Waals surface area contributed by atoms with Gasteiger partial charge in [-0.25, -0.2) is 13.2 Å². The highest BCUT2D eigenvalue weighted by molar-refractivity contribution is 5.64. The molecule has 2 rings (SSSR count). The van der Waals surface area contributed by atoms with Crippen LogP contribution in [-0.4, -0.2) is 0 Å². The molecule has 0 aliphatic carbocycles. The van der Waals surface area contributed by atoms with Crippen molar-refractivity contribution in [1.82, 2.24) is 0 Å². The molecule has 0 aromatic heterocycles. The number of halogens is 3. The van der Waals surface area contributed by atoms with Crippen molar-refractivity contribution in [3.8, 4) is 6.07 Å². The van der Waals surface area contributed by atoms with Crippen molar-refractivity contribution < 1.29 is 13.2 Å². The second kappa shape index (κ2) is 5.02. The van der Waals surface area contributed by atoms with E-state index in [0.717, 1.165) is 6.07 Å². The first-order chi connectivity index (χ1) is 9.01. The fraction of sp³-hybridized carbons (Fsp3) is 0.0714. The third-order valence-corrected chi connectivity index (χ3v) is 2.63. The lowest BCUT2D eigenvalue weighted by Gasteiger charge is -2.11. The summed E-state index contributed by atoms with van der Waals surface area (Å²) in [5.74, 6) is -3.25. The fourth-order valence-corrected chi connectivity index (χ4v) is 1.64. The zero-order chi connectivity index (χ0) is 14.0. The topological polar surface area (TPSA) is 35.8 Å². The molecule has 0 heterocycles. The van der Waals surface area contributed by atoms with E-state index in [2.05, 4.69) is 5.32 Å². The number of hydrogen-bond acceptors (Lipinski definition) is 2. The summed E-state index contributed by atoms with van der Waals surface area (Å²) in [7, 11) is 0. The van der Waals surface area contributed by atoms with Gasteiger partial charge >= 0.3 is 0 Å². The Balaban J connectivity index is 2.37. The highest BCUT2D eigenvalue weighted by Crippen LogP contribution is 2.25. The van der Waals surface area contributed by atoms with E-state index >= 15 is 0 Å². The van der Waals surface area contributed by atoms with Gasteiger partial charge < -0.3 is 5.32 Å². The minimum atomic E-state index is -1.24. The quantitative estimate of drug-likeness (QED) is 0.829. The van der Waals surface area contributed by atoms with Crippen molar-refractivity contribution >= 4 is 11.4 Å². The van der Waals surface area contributed by atoms with Crippen molar-refractivity contribution in [3.05, 3.63) is 58.9 Å². The van der Waals surface area contributed by atoms with Gasteiger partial charge in [0.2, 0.25) is 0 Å². The fourth-order valence-electron chi connectivity index (χ4n) is 1.64. The van der Waals surface area contributed by atoms with Crippen LogP contribution in [0.1, 0.15) is 11.1 Å². The molecule has 0 aliphatic heterocycles. The summed E-state index contributed by atoms with van der Waals surface area (Å²) in [6.45, 7) is 1.72. The number of rotatable bonds is 2. The van der Waals surface area contributed by atoms with Gasteiger partial charge in [-0.15, -0.1) is 0 Å². The first-order valence-corrected chi connectivity index (χ1v) is 5.43. The normalized spacial score (nSPS) is 10.1. The Labute approximate surface area is 108 Å². The predicted octanol–water partition coefficient (Wildman–Crippen LogP) is 4.03. The predicted molar refractivity (Wildman–Crippen MR) is 65.5 cm³/mol. The van der Waals surface area contributed by atoms with Gasteiger partial charge in [0.1, 0.15) is 5.82 Å². The minimum Gasteiger partial charge on any atom is -0.353 e. The average Bonchev–Trinajstić information content (AvgIpc) is 2.38. The summed E-state index contributed by atoms with van der Waals surface area (Å²) >= 11 is 0. The number of hydrogen-bond donors (Lipinski definition) is 1. The van der Waals surface area contributed by atoms with Crippen LogP contribution >= 0.6 is 0 Å². The van der Waals surface area contributed by atoms with Crippen LogP contribution < -0.4 is 5.32 Å². The molecule has 0 spiro atoms. The number of anilines is 2. The van der Waals surface area contributed by atoms with Gasteiger partial charge in [-0.1, -0.05) is 0 Å². The molecule has 2 aromatic carbocycles. The van der Waals surface area contributed by atoms with Crippen LogP contribution in [0.25, 0.3) is 0 Å². The molecule has 2 aromatic rings. The molecule has 0 amide bonds. The Morgan fingerprint density at radius 1 is 0.947 bits per heavy atom. The SMILES string of the molecule is Cc1cc(C#N)ccc1Nc1cc(F)c(F)cc1F. The molecule has 19 heavy (non-hydrogen) atoms. The van der Waals surface area contributed by atoms with Gasteiger partial charge in [0.05, 0.1) is 17.3 Å². The van der Waals surface area contributed by atoms with Crippen molar-refractivity contribution in [3.63, 3.8) is 0 Å². The molecule has 96 valence electrons. The van der Waals surface area contributed by atoms with Crippen LogP contribution in [0, 0.1) is 35.7 Å². The van der Waals surface area contributed by atoms with Crippen molar-refractivity contribution in [1.29, 1.82) is 5.26 Å². The van der Waals surface area contributed by atoms with Crippen LogP contribution in [0.3, 0.4) is 0 Å². The van der Waals surface area contributed by atoms with Crippen molar-refractivity contribution in [2.75, 3.05) is 5.32 Å². The number of nitrogens with zero attached hydrogens (tertiary/aromatic N) is 1. The Kier molecular flexibility index (Phi) is 3.43. The van der Waals surface area contributed by atoms with Crippen molar-refractivity contribution in [2.24, 2.45) is 0 Å². The lowest BCUT2D eigenvalue weighted by Crippen LogP contribution is -1.99. The number of benzene rings is 2. The second-order valence-electron chi connectivity index (χ2n) is 4.01. The maximum atomic E-state index is 13.5. The zero-order valence-corrected chi connectivity index (χ0v) is 9.97. The standard InChI is InChI=1S/C14H9F3N2/c1-8-4-9(7-18)2-3-13(8)19-14-6-11(16)10(15)5-12(14)17/h2-6,19H,1H3. The van der Waals surface area contributed by atoms with Gasteiger partial charge in [0.15, 0.2) is 11.6 Å². The molecule has 5 heteroatoms. The summed E-state index contributed by atoms with van der Waals surface area (Å²) in [6, 6.07) is 7.95. The lowest BCUT2D eigenvalue weighted by molar-refractivity contribution is 0.496. The summed E-state index contributed by atoms with van der Waals surface area (Å²) in [4.78, 5) is 0. The van der Waals surface area contributed by atoms with E-state index in [-0.39, 0.29) is 5.69 Å². The first-order valence-electron chi connectivity index (χ1n) is 5.43. The summed E-state index contributed by atoms with van der Waals surface area (Å²) in [5, 5.41) is 11.4. The van der Waals surface area contributed by atoms with Crippen LogP contribution in [-0.2, 0) is 0 Å². The Bertz CT molecular complexity index is 675. The van der Waals surface area contributed by atoms with E-state index in [9.17, 15) is 13.2 Å². The van der Waals surface area contributed by atoms with Crippen LogP contribution in [0.2, 0.25) is 0 Å². The summed E-state index contributed by atoms with van der Waals surface area (Å²) in [6.07, 6.45) is 0. The van der Waals surface area contributed by atoms with Gasteiger partial charge in [-0.3, -0.25) is 0 Å². The highest BCUT2D eigenvalue weighted by atomic mass is 19.2. The lowest BCUT2D eigenvalue weighted by atomic mass is 10.1. The second-order valence-corrected chi connectivity index (χ2v) is 4.01. The van der Waals surface area contributed by atoms with E-state index in [1.54, 1.807) is 25.1 Å². The Morgan fingerprint density at radius 2 is 1.63 bits per heavy atom. The molecule has 0 radical (unpaired) electrons. The Morgan fingerprint density at radius 3 is 2.26 bits per heavy atom. The first kappa shape index (κ1) is 13.0. The highest BCUT2D eigenvalue weighted by Gasteiger charge is 2.10. The van der Waals surface area contributed by atoms with Gasteiger partial charge in [0.25, 0.3) is 0 Å². The molecule has 2 nitrogen and oxygen atoms in total. The maximum absolute atomic E-state index is 13.5. The third-order valence-electron chi connectivity index (χ3n) is 2.63. The molecule has 0 unspecified atom stereocenters. The smallest absolute Gasteiger partial charge is 0.161 e. The maximum Gasteiger partial charge on any atom is 0.161 e. The van der Waals surface area contributed by atoms with Gasteiger partial charge in [0, 0.05) is 17.8 Å². The van der Waals surface area contributed by atoms with E-state index in [0.29, 0.717) is 22.9 Å². The third kappa shape index (κ3) is 2.68. The van der Waals surface area contributed by atoms with Crippen LogP contribution in [0.4, 0.5) is 24.5 Å². The largest absolute Gasteiger partial charge is 0.353 e. The van der Waals surface area contributed by atoms with E-state index in [1.807, 2.05) is 6.07 Å². The minimum absolute atomic E-state index is 0.160. The molecule has 0 saturated heterocycles. The average molecular weight is 262 g/mol.